The van der Waals surface area contributed by atoms with E-state index in [2.05, 4.69) is 5.32 Å². The zero-order chi connectivity index (χ0) is 25.3. The summed E-state index contributed by atoms with van der Waals surface area (Å²) in [5, 5.41) is 2.67. The summed E-state index contributed by atoms with van der Waals surface area (Å²) < 4.78 is 59.1. The van der Waals surface area contributed by atoms with Crippen LogP contribution in [-0.2, 0) is 24.8 Å². The van der Waals surface area contributed by atoms with Crippen LogP contribution in [-0.4, -0.2) is 59.5 Å². The van der Waals surface area contributed by atoms with Crippen molar-refractivity contribution in [2.75, 3.05) is 36.1 Å². The number of aryl methyl sites for hydroxylation is 2. The summed E-state index contributed by atoms with van der Waals surface area (Å²) >= 11 is 0. The van der Waals surface area contributed by atoms with Gasteiger partial charge in [0.05, 0.1) is 29.6 Å². The van der Waals surface area contributed by atoms with Crippen LogP contribution >= 0.6 is 0 Å². The highest BCUT2D eigenvalue weighted by Gasteiger charge is 2.32. The number of ether oxygens (including phenoxy) is 1. The number of rotatable bonds is 8. The van der Waals surface area contributed by atoms with Crippen LogP contribution in [0.2, 0.25) is 0 Å². The van der Waals surface area contributed by atoms with E-state index in [4.69, 9.17) is 4.74 Å². The molecular weight excluding hydrogens is 478 g/mol. The first kappa shape index (κ1) is 26.0. The molecule has 1 N–H and O–H groups in total. The zero-order valence-electron chi connectivity index (χ0n) is 20.0. The van der Waals surface area contributed by atoms with E-state index in [-0.39, 0.29) is 16.3 Å². The van der Waals surface area contributed by atoms with Crippen molar-refractivity contribution in [2.24, 2.45) is 0 Å². The zero-order valence-corrected chi connectivity index (χ0v) is 21.7. The van der Waals surface area contributed by atoms with Gasteiger partial charge in [0.15, 0.2) is 0 Å². The number of benzene rings is 2. The number of sulfonamides is 2. The summed E-state index contributed by atoms with van der Waals surface area (Å²) in [6.07, 6.45) is 2.65. The molecule has 3 rings (SSSR count). The maximum Gasteiger partial charge on any atom is 0.248 e. The van der Waals surface area contributed by atoms with E-state index in [1.165, 1.54) is 36.5 Å². The van der Waals surface area contributed by atoms with E-state index < -0.39 is 32.0 Å². The van der Waals surface area contributed by atoms with Crippen LogP contribution < -0.4 is 14.4 Å². The van der Waals surface area contributed by atoms with E-state index >= 15 is 0 Å². The highest BCUT2D eigenvalue weighted by atomic mass is 32.2. The van der Waals surface area contributed by atoms with Crippen molar-refractivity contribution in [2.45, 2.75) is 44.6 Å². The van der Waals surface area contributed by atoms with Gasteiger partial charge >= 0.3 is 0 Å². The summed E-state index contributed by atoms with van der Waals surface area (Å²) in [6, 6.07) is 8.51. The third kappa shape index (κ3) is 5.37. The number of anilines is 2. The monoisotopic (exact) mass is 509 g/mol. The largest absolute Gasteiger partial charge is 0.495 e. The number of carbonyl (C=O) groups excluding carboxylic acids is 1. The average Bonchev–Trinajstić information content (AvgIpc) is 3.31. The second-order valence-corrected chi connectivity index (χ2v) is 12.3. The Morgan fingerprint density at radius 2 is 1.71 bits per heavy atom. The molecule has 9 nitrogen and oxygen atoms in total. The fraction of sp³-hybridized carbons (Fsp3) is 0.435. The fourth-order valence-corrected chi connectivity index (χ4v) is 6.77. The van der Waals surface area contributed by atoms with Crippen LogP contribution in [0.5, 0.6) is 5.75 Å². The van der Waals surface area contributed by atoms with Gasteiger partial charge in [-0.1, -0.05) is 12.1 Å². The van der Waals surface area contributed by atoms with E-state index in [1.54, 1.807) is 19.1 Å². The molecule has 0 aromatic heterocycles. The lowest BCUT2D eigenvalue weighted by molar-refractivity contribution is -0.116. The van der Waals surface area contributed by atoms with E-state index in [1.807, 2.05) is 13.0 Å². The molecule has 0 spiro atoms. The minimum Gasteiger partial charge on any atom is -0.495 e. The van der Waals surface area contributed by atoms with Gasteiger partial charge in [-0.3, -0.25) is 9.10 Å². The molecule has 1 saturated heterocycles. The molecule has 1 aliphatic heterocycles. The number of nitrogens with zero attached hydrogens (tertiary/aromatic N) is 2. The molecule has 0 saturated carbocycles. The number of carbonyl (C=O) groups is 1. The highest BCUT2D eigenvalue weighted by molar-refractivity contribution is 7.92. The molecule has 34 heavy (non-hydrogen) atoms. The quantitative estimate of drug-likeness (QED) is 0.586. The van der Waals surface area contributed by atoms with Gasteiger partial charge < -0.3 is 10.1 Å². The standard InChI is InChI=1S/C23H31N3O6S2/c1-16-8-9-17(2)21(14-16)26(33(5,28)29)18(3)23(27)24-20-15-19(10-11-22(20)32-4)34(30,31)25-12-6-7-13-25/h8-11,14-15,18H,6-7,12-13H2,1-5H3,(H,24,27)/t18-/m1/s1. The summed E-state index contributed by atoms with van der Waals surface area (Å²) in [5.74, 6) is -0.362. The Balaban J connectivity index is 1.96. The van der Waals surface area contributed by atoms with Gasteiger partial charge in [-0.05, 0) is 69.0 Å². The molecule has 2 aromatic rings. The van der Waals surface area contributed by atoms with Crippen LogP contribution in [0.4, 0.5) is 11.4 Å². The van der Waals surface area contributed by atoms with Crippen LogP contribution in [0.1, 0.15) is 30.9 Å². The Bertz CT molecular complexity index is 1290. The molecule has 0 unspecified atom stereocenters. The van der Waals surface area contributed by atoms with Crippen molar-refractivity contribution in [3.8, 4) is 5.75 Å². The van der Waals surface area contributed by atoms with Gasteiger partial charge in [-0.15, -0.1) is 0 Å². The van der Waals surface area contributed by atoms with E-state index in [9.17, 15) is 21.6 Å². The molecule has 1 amide bonds. The fourth-order valence-electron chi connectivity index (χ4n) is 4.00. The average molecular weight is 510 g/mol. The lowest BCUT2D eigenvalue weighted by Crippen LogP contribution is -2.45. The minimum atomic E-state index is -3.81. The Kier molecular flexibility index (Phi) is 7.59. The van der Waals surface area contributed by atoms with E-state index in [0.29, 0.717) is 24.3 Å². The normalized spacial score (nSPS) is 15.7. The first-order valence-electron chi connectivity index (χ1n) is 10.9. The van der Waals surface area contributed by atoms with Gasteiger partial charge in [0.25, 0.3) is 0 Å². The second kappa shape index (κ2) is 9.93. The Labute approximate surface area is 201 Å². The molecule has 11 heteroatoms. The lowest BCUT2D eigenvalue weighted by Gasteiger charge is -2.30. The number of hydrogen-bond acceptors (Lipinski definition) is 6. The van der Waals surface area contributed by atoms with Crippen LogP contribution in [0.3, 0.4) is 0 Å². The molecule has 1 atom stereocenters. The van der Waals surface area contributed by atoms with Gasteiger partial charge in [0.1, 0.15) is 11.8 Å². The second-order valence-electron chi connectivity index (χ2n) is 8.49. The molecule has 0 bridgehead atoms. The molecule has 1 aliphatic rings. The first-order valence-corrected chi connectivity index (χ1v) is 14.2. The third-order valence-corrected chi connectivity index (χ3v) is 8.94. The van der Waals surface area contributed by atoms with Crippen molar-refractivity contribution < 1.29 is 26.4 Å². The lowest BCUT2D eigenvalue weighted by atomic mass is 10.1. The number of methoxy groups -OCH3 is 1. The SMILES string of the molecule is COc1ccc(S(=O)(=O)N2CCCC2)cc1NC(=O)[C@@H](C)N(c1cc(C)ccc1C)S(C)(=O)=O. The molecule has 0 aliphatic carbocycles. The predicted molar refractivity (Wildman–Crippen MR) is 132 cm³/mol. The Hall–Kier alpha value is -2.63. The molecular formula is C23H31N3O6S2. The minimum absolute atomic E-state index is 0.0349. The third-order valence-electron chi connectivity index (χ3n) is 5.82. The molecule has 0 radical (unpaired) electrons. The molecule has 1 fully saturated rings. The van der Waals surface area contributed by atoms with E-state index in [0.717, 1.165) is 29.0 Å². The van der Waals surface area contributed by atoms with Crippen molar-refractivity contribution >= 4 is 37.3 Å². The van der Waals surface area contributed by atoms with Gasteiger partial charge in [0.2, 0.25) is 26.0 Å². The predicted octanol–water partition coefficient (Wildman–Crippen LogP) is 2.89. The summed E-state index contributed by atoms with van der Waals surface area (Å²) in [4.78, 5) is 13.3. The van der Waals surface area contributed by atoms with Crippen LogP contribution in [0.15, 0.2) is 41.3 Å². The van der Waals surface area contributed by atoms with Gasteiger partial charge in [-0.2, -0.15) is 4.31 Å². The van der Waals surface area contributed by atoms with Crippen LogP contribution in [0.25, 0.3) is 0 Å². The van der Waals surface area contributed by atoms with Crippen molar-refractivity contribution in [1.82, 2.24) is 4.31 Å². The summed E-state index contributed by atoms with van der Waals surface area (Å²) in [5.41, 5.74) is 2.10. The maximum absolute atomic E-state index is 13.2. The van der Waals surface area contributed by atoms with Crippen LogP contribution in [0, 0.1) is 13.8 Å². The Morgan fingerprint density at radius 3 is 2.29 bits per heavy atom. The number of amides is 1. The van der Waals surface area contributed by atoms with Crippen molar-refractivity contribution in [1.29, 1.82) is 0 Å². The Morgan fingerprint density at radius 1 is 1.06 bits per heavy atom. The summed E-state index contributed by atoms with van der Waals surface area (Å²) in [7, 11) is -6.12. The smallest absolute Gasteiger partial charge is 0.248 e. The maximum atomic E-state index is 13.2. The molecule has 186 valence electrons. The van der Waals surface area contributed by atoms with Crippen molar-refractivity contribution in [3.05, 3.63) is 47.5 Å². The van der Waals surface area contributed by atoms with Gasteiger partial charge in [-0.25, -0.2) is 16.8 Å². The molecule has 1 heterocycles. The number of hydrogen-bond donors (Lipinski definition) is 1. The van der Waals surface area contributed by atoms with Gasteiger partial charge in [0, 0.05) is 13.1 Å². The molecule has 2 aromatic carbocycles. The van der Waals surface area contributed by atoms with Crippen molar-refractivity contribution in [3.63, 3.8) is 0 Å². The number of nitrogens with one attached hydrogen (secondary N) is 1. The topological polar surface area (TPSA) is 113 Å². The summed E-state index contributed by atoms with van der Waals surface area (Å²) in [6.45, 7) is 5.99. The first-order chi connectivity index (χ1) is 15.9. The highest BCUT2D eigenvalue weighted by Crippen LogP contribution is 2.31.